The molecule has 0 bridgehead atoms. The molecule has 15 heteroatoms. The molecule has 5 atom stereocenters. The van der Waals surface area contributed by atoms with E-state index in [2.05, 4.69) is 15.4 Å². The number of carbonyl (C=O) groups excluding carboxylic acids is 5. The second-order valence-corrected chi connectivity index (χ2v) is 13.8. The summed E-state index contributed by atoms with van der Waals surface area (Å²) in [6, 6.07) is -3.89. The van der Waals surface area contributed by atoms with Gasteiger partial charge >= 0.3 is 12.3 Å². The third-order valence-electron chi connectivity index (χ3n) is 7.96. The maximum absolute atomic E-state index is 13.8. The summed E-state index contributed by atoms with van der Waals surface area (Å²) in [6.07, 6.45) is -3.55. The number of primary amides is 1. The number of hydrogen-bond donors (Lipinski definition) is 3. The first-order valence-electron chi connectivity index (χ1n) is 13.0. The van der Waals surface area contributed by atoms with Crippen LogP contribution in [0.1, 0.15) is 60.3 Å². The third kappa shape index (κ3) is 6.45. The minimum atomic E-state index is -4.87. The zero-order valence-electron chi connectivity index (χ0n) is 22.9. The quantitative estimate of drug-likeness (QED) is 0.269. The highest BCUT2D eigenvalue weighted by atomic mass is 35.5. The van der Waals surface area contributed by atoms with Gasteiger partial charge in [-0.15, -0.1) is 23.2 Å². The summed E-state index contributed by atoms with van der Waals surface area (Å²) >= 11 is 12.7. The van der Waals surface area contributed by atoms with E-state index in [4.69, 9.17) is 28.9 Å². The normalized spacial score (nSPS) is 25.6. The molecule has 3 fully saturated rings. The summed E-state index contributed by atoms with van der Waals surface area (Å²) in [5.41, 5.74) is 1.33. The molecule has 0 aromatic carbocycles. The van der Waals surface area contributed by atoms with Crippen LogP contribution in [0.25, 0.3) is 0 Å². The van der Waals surface area contributed by atoms with Crippen molar-refractivity contribution in [2.75, 3.05) is 6.54 Å². The van der Waals surface area contributed by atoms with Crippen LogP contribution in [0, 0.1) is 23.2 Å². The number of halogens is 5. The molecule has 40 heavy (non-hydrogen) atoms. The second kappa shape index (κ2) is 10.8. The van der Waals surface area contributed by atoms with Crippen LogP contribution < -0.4 is 16.4 Å². The Morgan fingerprint density at radius 3 is 2.08 bits per heavy atom. The van der Waals surface area contributed by atoms with Crippen molar-refractivity contribution < 1.29 is 41.9 Å². The van der Waals surface area contributed by atoms with Gasteiger partial charge in [0.25, 0.3) is 5.91 Å². The van der Waals surface area contributed by atoms with E-state index < -0.39 is 81.1 Å². The van der Waals surface area contributed by atoms with Crippen molar-refractivity contribution in [3.63, 3.8) is 0 Å². The maximum Gasteiger partial charge on any atom is 0.427 e. The number of ether oxygens (including phenoxy) is 1. The van der Waals surface area contributed by atoms with Gasteiger partial charge in [-0.1, -0.05) is 40.0 Å². The van der Waals surface area contributed by atoms with Crippen molar-refractivity contribution in [1.82, 2.24) is 15.5 Å². The molecule has 1 heterocycles. The molecule has 0 radical (unpaired) electrons. The van der Waals surface area contributed by atoms with Crippen LogP contribution in [0.2, 0.25) is 0 Å². The van der Waals surface area contributed by atoms with Crippen LogP contribution >= 0.6 is 23.2 Å². The average Bonchev–Trinajstić information content (AvgIpc) is 3.10. The lowest BCUT2D eigenvalue weighted by atomic mass is 9.80. The molecule has 4 N–H and O–H groups in total. The van der Waals surface area contributed by atoms with Crippen molar-refractivity contribution in [3.8, 4) is 0 Å². The molecular formula is C25H35Cl2F3N4O6. The van der Waals surface area contributed by atoms with Crippen molar-refractivity contribution in [2.24, 2.45) is 28.9 Å². The molecule has 0 spiro atoms. The summed E-state index contributed by atoms with van der Waals surface area (Å²) in [4.78, 5) is 65.1. The fraction of sp³-hybridized carbons (Fsp3) is 0.800. The van der Waals surface area contributed by atoms with E-state index in [-0.39, 0.29) is 18.9 Å². The maximum atomic E-state index is 13.8. The average molecular weight is 615 g/mol. The number of piperidine rings is 1. The molecule has 3 aliphatic rings. The van der Waals surface area contributed by atoms with Crippen LogP contribution in [0.5, 0.6) is 0 Å². The van der Waals surface area contributed by atoms with E-state index in [1.807, 2.05) is 0 Å². The SMILES string of the molecule is CC(C)(C)[C@H](NC(=O)OC(C)(C)C(F)(F)F)C(=O)N1C[C@H]2[C@@H]([C@H]1C(=O)N[C@@H](CC1CCC1)C(=O)C(N)=O)C2(Cl)Cl. The number of amides is 4. The Morgan fingerprint density at radius 1 is 1.05 bits per heavy atom. The Morgan fingerprint density at radius 2 is 1.62 bits per heavy atom. The van der Waals surface area contributed by atoms with Gasteiger partial charge in [-0.2, -0.15) is 13.2 Å². The largest absolute Gasteiger partial charge is 0.434 e. The molecule has 1 saturated heterocycles. The molecule has 0 aromatic rings. The molecule has 1 aliphatic heterocycles. The summed E-state index contributed by atoms with van der Waals surface area (Å²) in [7, 11) is 0. The molecule has 226 valence electrons. The molecule has 3 rings (SSSR count). The summed E-state index contributed by atoms with van der Waals surface area (Å²) in [5.74, 6) is -4.86. The van der Waals surface area contributed by atoms with Crippen LogP contribution in [0.15, 0.2) is 0 Å². The van der Waals surface area contributed by atoms with Gasteiger partial charge in [0.2, 0.25) is 23.2 Å². The first kappa shape index (κ1) is 32.2. The Labute approximate surface area is 240 Å². The number of nitrogens with zero attached hydrogens (tertiary/aromatic N) is 1. The van der Waals surface area contributed by atoms with Crippen LogP contribution in [0.4, 0.5) is 18.0 Å². The molecule has 4 amide bonds. The van der Waals surface area contributed by atoms with Gasteiger partial charge < -0.3 is 26.0 Å². The van der Waals surface area contributed by atoms with Crippen molar-refractivity contribution in [2.45, 2.75) is 94.5 Å². The zero-order valence-corrected chi connectivity index (χ0v) is 24.4. The lowest BCUT2D eigenvalue weighted by Crippen LogP contribution is -2.61. The summed E-state index contributed by atoms with van der Waals surface area (Å²) in [6.45, 7) is 5.98. The fourth-order valence-corrected chi connectivity index (χ4v) is 5.93. The van der Waals surface area contributed by atoms with E-state index in [0.717, 1.165) is 24.2 Å². The number of ketones is 1. The highest BCUT2D eigenvalue weighted by molar-refractivity contribution is 6.51. The van der Waals surface area contributed by atoms with Crippen LogP contribution in [0.3, 0.4) is 0 Å². The number of likely N-dealkylation sites (tertiary alicyclic amines) is 1. The van der Waals surface area contributed by atoms with Crippen LogP contribution in [-0.4, -0.2) is 75.3 Å². The predicted octanol–water partition coefficient (Wildman–Crippen LogP) is 2.83. The number of hydrogen-bond acceptors (Lipinski definition) is 6. The van der Waals surface area contributed by atoms with Gasteiger partial charge in [0.1, 0.15) is 16.4 Å². The molecule has 10 nitrogen and oxygen atoms in total. The number of fused-ring (bicyclic) bond motifs is 1. The topological polar surface area (TPSA) is 148 Å². The third-order valence-corrected chi connectivity index (χ3v) is 9.02. The minimum Gasteiger partial charge on any atom is -0.434 e. The van der Waals surface area contributed by atoms with E-state index in [1.54, 1.807) is 20.8 Å². The highest BCUT2D eigenvalue weighted by Gasteiger charge is 2.74. The summed E-state index contributed by atoms with van der Waals surface area (Å²) in [5, 5.41) is 4.77. The van der Waals surface area contributed by atoms with Gasteiger partial charge in [0, 0.05) is 18.4 Å². The first-order chi connectivity index (χ1) is 18.1. The van der Waals surface area contributed by atoms with Gasteiger partial charge in [0.15, 0.2) is 0 Å². The Hall–Kier alpha value is -2.28. The Bertz CT molecular complexity index is 1070. The van der Waals surface area contributed by atoms with Crippen LogP contribution in [-0.2, 0) is 23.9 Å². The fourth-order valence-electron chi connectivity index (χ4n) is 5.11. The zero-order chi connectivity index (χ0) is 30.6. The van der Waals surface area contributed by atoms with Crippen molar-refractivity contribution in [1.29, 1.82) is 0 Å². The lowest BCUT2D eigenvalue weighted by molar-refractivity contribution is -0.244. The minimum absolute atomic E-state index is 0.0804. The smallest absolute Gasteiger partial charge is 0.427 e. The number of Topliss-reactive ketones (excluding diaryl/α,β-unsaturated/α-hetero) is 1. The van der Waals surface area contributed by atoms with Gasteiger partial charge in [-0.3, -0.25) is 19.2 Å². The van der Waals surface area contributed by atoms with Gasteiger partial charge in [-0.05, 0) is 31.6 Å². The number of carbonyl (C=O) groups is 5. The molecule has 0 unspecified atom stereocenters. The second-order valence-electron chi connectivity index (χ2n) is 12.4. The Balaban J connectivity index is 1.83. The van der Waals surface area contributed by atoms with E-state index in [0.29, 0.717) is 13.8 Å². The predicted molar refractivity (Wildman–Crippen MR) is 138 cm³/mol. The molecule has 0 aromatic heterocycles. The molecule has 2 aliphatic carbocycles. The van der Waals surface area contributed by atoms with Crippen molar-refractivity contribution in [3.05, 3.63) is 0 Å². The van der Waals surface area contributed by atoms with E-state index in [9.17, 15) is 37.1 Å². The number of alkyl carbamates (subject to hydrolysis) is 1. The number of nitrogens with one attached hydrogen (secondary N) is 2. The lowest BCUT2D eigenvalue weighted by Gasteiger charge is -2.38. The number of alkyl halides is 5. The van der Waals surface area contributed by atoms with Gasteiger partial charge in [0.05, 0.1) is 6.04 Å². The monoisotopic (exact) mass is 614 g/mol. The summed E-state index contributed by atoms with van der Waals surface area (Å²) < 4.78 is 43.0. The Kier molecular flexibility index (Phi) is 8.74. The van der Waals surface area contributed by atoms with E-state index in [1.165, 1.54) is 0 Å². The molecule has 2 saturated carbocycles. The molecular weight excluding hydrogens is 580 g/mol. The van der Waals surface area contributed by atoms with Crippen molar-refractivity contribution >= 4 is 52.8 Å². The van der Waals surface area contributed by atoms with Gasteiger partial charge in [-0.25, -0.2) is 4.79 Å². The number of rotatable bonds is 9. The van der Waals surface area contributed by atoms with E-state index >= 15 is 0 Å². The highest BCUT2D eigenvalue weighted by Crippen LogP contribution is 2.65. The number of nitrogens with two attached hydrogens (primary N) is 1. The standard InChI is InChI=1S/C25H35Cl2F3N4O6/c1-22(2,3)17(33-21(39)40-23(4,5)25(28,29)30)20(38)34-10-12-14(24(12,26)27)15(34)19(37)32-13(16(35)18(31)36)9-11-7-6-8-11/h11-15,17H,6-10H2,1-5H3,(H2,31,36)(H,32,37)(H,33,39)/t12-,13-,14-,15-,17+/m0/s1. The first-order valence-corrected chi connectivity index (χ1v) is 13.7.